The molecule has 2 N–H and O–H groups in total. The summed E-state index contributed by atoms with van der Waals surface area (Å²) in [5.41, 5.74) is 10.3. The fraction of sp³-hybridized carbons (Fsp3) is 0.533. The zero-order valence-electron chi connectivity index (χ0n) is 11.9. The molecule has 96 valence electrons. The van der Waals surface area contributed by atoms with Gasteiger partial charge in [-0.25, -0.2) is 0 Å². The van der Waals surface area contributed by atoms with Crippen LogP contribution in [0.4, 0.5) is 0 Å². The highest BCUT2D eigenvalue weighted by Crippen LogP contribution is 2.18. The Kier molecular flexibility index (Phi) is 8.12. The first-order valence-corrected chi connectivity index (χ1v) is 6.40. The molecule has 0 aliphatic carbocycles. The maximum absolute atomic E-state index is 6.18. The molecule has 0 aliphatic heterocycles. The van der Waals surface area contributed by atoms with Crippen molar-refractivity contribution in [1.29, 1.82) is 0 Å². The van der Waals surface area contributed by atoms with E-state index in [1.165, 1.54) is 5.57 Å². The molecule has 0 fully saturated rings. The lowest BCUT2D eigenvalue weighted by atomic mass is 10.0. The number of hydrogen-bond donors (Lipinski definition) is 1. The second-order valence-corrected chi connectivity index (χ2v) is 4.12. The summed E-state index contributed by atoms with van der Waals surface area (Å²) in [6, 6.07) is 0. The normalized spacial score (nSPS) is 15.4. The first kappa shape index (κ1) is 15.7. The largest absolute Gasteiger partial charge is 0.398 e. The predicted molar refractivity (Wildman–Crippen MR) is 78.1 cm³/mol. The average molecular weight is 234 g/mol. The van der Waals surface area contributed by atoms with Gasteiger partial charge in [-0.2, -0.15) is 0 Å². The highest BCUT2D eigenvalue weighted by atomic mass is 14.7. The predicted octanol–water partition coefficient (Wildman–Crippen LogP) is 4.35. The van der Waals surface area contributed by atoms with Crippen LogP contribution in [0.2, 0.25) is 0 Å². The molecule has 0 rings (SSSR count). The van der Waals surface area contributed by atoms with E-state index >= 15 is 0 Å². The first-order chi connectivity index (χ1) is 8.08. The van der Waals surface area contributed by atoms with E-state index in [9.17, 15) is 0 Å². The second-order valence-electron chi connectivity index (χ2n) is 4.12. The molecule has 17 heavy (non-hydrogen) atoms. The van der Waals surface area contributed by atoms with Gasteiger partial charge in [-0.3, -0.25) is 4.99 Å². The number of unbranched alkanes of at least 4 members (excludes halogenated alkanes) is 1. The van der Waals surface area contributed by atoms with Crippen molar-refractivity contribution in [3.63, 3.8) is 0 Å². The van der Waals surface area contributed by atoms with E-state index < -0.39 is 0 Å². The monoisotopic (exact) mass is 234 g/mol. The molecular formula is C15H26N2. The van der Waals surface area contributed by atoms with E-state index in [0.717, 1.165) is 36.2 Å². The Morgan fingerprint density at radius 3 is 2.35 bits per heavy atom. The highest BCUT2D eigenvalue weighted by Gasteiger charge is 2.04. The van der Waals surface area contributed by atoms with Crippen LogP contribution in [0.1, 0.15) is 53.9 Å². The van der Waals surface area contributed by atoms with Gasteiger partial charge in [0.2, 0.25) is 0 Å². The van der Waals surface area contributed by atoms with Crippen molar-refractivity contribution in [3.05, 3.63) is 34.7 Å². The third-order valence-corrected chi connectivity index (χ3v) is 2.73. The molecule has 0 aromatic carbocycles. The molecule has 0 amide bonds. The standard InChI is InChI=1S/C15H26N2/c1-6-9-10-11-14(13(5)17-8-3)15(16)12(4)7-2/h8,10-11H,6-7,9,16H2,1-5H3/b11-10-,14-13-,15-12-,17-8-. The second kappa shape index (κ2) is 8.80. The van der Waals surface area contributed by atoms with Gasteiger partial charge in [-0.15, -0.1) is 0 Å². The molecular weight excluding hydrogens is 208 g/mol. The Hall–Kier alpha value is -1.31. The van der Waals surface area contributed by atoms with Crippen molar-refractivity contribution >= 4 is 6.21 Å². The Labute approximate surface area is 106 Å². The van der Waals surface area contributed by atoms with Crippen LogP contribution >= 0.6 is 0 Å². The topological polar surface area (TPSA) is 38.4 Å². The van der Waals surface area contributed by atoms with Crippen molar-refractivity contribution in [2.45, 2.75) is 53.9 Å². The molecule has 2 heteroatoms. The lowest BCUT2D eigenvalue weighted by Gasteiger charge is -2.09. The fourth-order valence-electron chi connectivity index (χ4n) is 1.46. The van der Waals surface area contributed by atoms with Gasteiger partial charge in [0.25, 0.3) is 0 Å². The Balaban J connectivity index is 5.34. The van der Waals surface area contributed by atoms with Crippen LogP contribution in [0, 0.1) is 0 Å². The third-order valence-electron chi connectivity index (χ3n) is 2.73. The van der Waals surface area contributed by atoms with Crippen LogP contribution in [0.15, 0.2) is 39.7 Å². The van der Waals surface area contributed by atoms with Crippen molar-refractivity contribution in [3.8, 4) is 0 Å². The molecule has 0 spiro atoms. The number of nitrogens with two attached hydrogens (primary N) is 1. The van der Waals surface area contributed by atoms with Gasteiger partial charge >= 0.3 is 0 Å². The fourth-order valence-corrected chi connectivity index (χ4v) is 1.46. The van der Waals surface area contributed by atoms with E-state index in [2.05, 4.69) is 37.9 Å². The minimum atomic E-state index is 0.864. The molecule has 0 saturated heterocycles. The quantitative estimate of drug-likeness (QED) is 0.538. The van der Waals surface area contributed by atoms with Crippen molar-refractivity contribution in [2.24, 2.45) is 10.7 Å². The molecule has 0 saturated carbocycles. The summed E-state index contributed by atoms with van der Waals surface area (Å²) in [6.45, 7) is 10.3. The van der Waals surface area contributed by atoms with Crippen LogP contribution in [0.25, 0.3) is 0 Å². The van der Waals surface area contributed by atoms with E-state index in [0.29, 0.717) is 0 Å². The number of nitrogens with zero attached hydrogens (tertiary/aromatic N) is 1. The maximum Gasteiger partial charge on any atom is 0.0461 e. The van der Waals surface area contributed by atoms with Crippen molar-refractivity contribution < 1.29 is 0 Å². The van der Waals surface area contributed by atoms with Gasteiger partial charge in [-0.1, -0.05) is 32.4 Å². The van der Waals surface area contributed by atoms with E-state index in [-0.39, 0.29) is 0 Å². The smallest absolute Gasteiger partial charge is 0.0461 e. The Bertz CT molecular complexity index is 344. The molecule has 0 aromatic rings. The summed E-state index contributed by atoms with van der Waals surface area (Å²) in [5, 5.41) is 0. The molecule has 0 unspecified atom stereocenters. The van der Waals surface area contributed by atoms with Crippen LogP contribution in [-0.2, 0) is 0 Å². The SMILES string of the molecule is C\C=N/C(C)=C(/C=C\CCC)C(\N)=C(/C)CC. The minimum Gasteiger partial charge on any atom is -0.398 e. The van der Waals surface area contributed by atoms with Gasteiger partial charge in [-0.05, 0) is 39.2 Å². The lowest BCUT2D eigenvalue weighted by molar-refractivity contribution is 0.956. The number of allylic oxidation sites excluding steroid dienone is 4. The summed E-state index contributed by atoms with van der Waals surface area (Å²) in [6.07, 6.45) is 9.26. The first-order valence-electron chi connectivity index (χ1n) is 6.40. The summed E-state index contributed by atoms with van der Waals surface area (Å²) in [5.74, 6) is 0. The van der Waals surface area contributed by atoms with E-state index in [4.69, 9.17) is 5.73 Å². The van der Waals surface area contributed by atoms with Gasteiger partial charge in [0, 0.05) is 23.2 Å². The molecule has 0 radical (unpaired) electrons. The molecule has 0 aliphatic rings. The minimum absolute atomic E-state index is 0.864. The van der Waals surface area contributed by atoms with E-state index in [1.807, 2.05) is 13.8 Å². The van der Waals surface area contributed by atoms with Gasteiger partial charge in [0.1, 0.15) is 0 Å². The molecule has 0 bridgehead atoms. The third kappa shape index (κ3) is 5.53. The van der Waals surface area contributed by atoms with Crippen molar-refractivity contribution in [1.82, 2.24) is 0 Å². The summed E-state index contributed by atoms with van der Waals surface area (Å²) in [7, 11) is 0. The van der Waals surface area contributed by atoms with E-state index in [1.54, 1.807) is 6.21 Å². The lowest BCUT2D eigenvalue weighted by Crippen LogP contribution is -2.04. The number of hydrogen-bond acceptors (Lipinski definition) is 2. The molecule has 0 atom stereocenters. The summed E-state index contributed by atoms with van der Waals surface area (Å²) >= 11 is 0. The Morgan fingerprint density at radius 2 is 1.88 bits per heavy atom. The number of aliphatic imine (C=N–C) groups is 1. The zero-order chi connectivity index (χ0) is 13.3. The van der Waals surface area contributed by atoms with Gasteiger partial charge in [0.15, 0.2) is 0 Å². The highest BCUT2D eigenvalue weighted by molar-refractivity contribution is 5.57. The zero-order valence-corrected chi connectivity index (χ0v) is 11.9. The molecule has 0 aromatic heterocycles. The molecule has 2 nitrogen and oxygen atoms in total. The van der Waals surface area contributed by atoms with Crippen molar-refractivity contribution in [2.75, 3.05) is 0 Å². The van der Waals surface area contributed by atoms with Crippen LogP contribution in [0.3, 0.4) is 0 Å². The maximum atomic E-state index is 6.18. The summed E-state index contributed by atoms with van der Waals surface area (Å²) in [4.78, 5) is 4.33. The van der Waals surface area contributed by atoms with Crippen LogP contribution in [0.5, 0.6) is 0 Å². The average Bonchev–Trinajstić information content (AvgIpc) is 2.33. The van der Waals surface area contributed by atoms with Crippen LogP contribution < -0.4 is 5.73 Å². The van der Waals surface area contributed by atoms with Gasteiger partial charge in [0.05, 0.1) is 0 Å². The number of rotatable bonds is 6. The molecule has 0 heterocycles. The Morgan fingerprint density at radius 1 is 1.24 bits per heavy atom. The van der Waals surface area contributed by atoms with Gasteiger partial charge < -0.3 is 5.73 Å². The summed E-state index contributed by atoms with van der Waals surface area (Å²) < 4.78 is 0. The van der Waals surface area contributed by atoms with Crippen LogP contribution in [-0.4, -0.2) is 6.21 Å².